The normalized spacial score (nSPS) is 11.8. The Morgan fingerprint density at radius 3 is 2.43 bits per heavy atom. The molecule has 0 bridgehead atoms. The predicted molar refractivity (Wildman–Crippen MR) is 111 cm³/mol. The van der Waals surface area contributed by atoms with Crippen LogP contribution in [0.15, 0.2) is 42.6 Å². The highest BCUT2D eigenvalue weighted by molar-refractivity contribution is 5.74. The van der Waals surface area contributed by atoms with E-state index in [1.807, 2.05) is 50.2 Å². The van der Waals surface area contributed by atoms with E-state index in [4.69, 9.17) is 9.47 Å². The lowest BCUT2D eigenvalue weighted by atomic mass is 9.95. The van der Waals surface area contributed by atoms with Crippen molar-refractivity contribution in [1.82, 2.24) is 15.2 Å². The molecule has 0 aliphatic heterocycles. The molecule has 1 heterocycles. The topological polar surface area (TPSA) is 63.7 Å². The molecule has 0 radical (unpaired) electrons. The minimum Gasteiger partial charge on any atom is -0.490 e. The number of amides is 2. The Kier molecular flexibility index (Phi) is 8.11. The van der Waals surface area contributed by atoms with Gasteiger partial charge in [-0.2, -0.15) is 0 Å². The third-order valence-corrected chi connectivity index (χ3v) is 4.34. The first-order valence-electron chi connectivity index (χ1n) is 9.77. The van der Waals surface area contributed by atoms with Crippen molar-refractivity contribution in [3.63, 3.8) is 0 Å². The van der Waals surface area contributed by atoms with Crippen molar-refractivity contribution >= 4 is 6.03 Å². The highest BCUT2D eigenvalue weighted by atomic mass is 16.5. The molecule has 0 saturated heterocycles. The number of aromatic nitrogens is 1. The van der Waals surface area contributed by atoms with Gasteiger partial charge in [0.25, 0.3) is 0 Å². The predicted octanol–water partition coefficient (Wildman–Crippen LogP) is 4.42. The average Bonchev–Trinajstić information content (AvgIpc) is 2.68. The molecule has 0 aliphatic carbocycles. The Morgan fingerprint density at radius 2 is 1.82 bits per heavy atom. The zero-order chi connectivity index (χ0) is 20.5. The number of benzene rings is 1. The van der Waals surface area contributed by atoms with Gasteiger partial charge in [-0.15, -0.1) is 0 Å². The monoisotopic (exact) mass is 385 g/mol. The van der Waals surface area contributed by atoms with Gasteiger partial charge in [0.2, 0.25) is 0 Å². The number of rotatable bonds is 9. The SMILES string of the molecule is CCOc1ccc(C(NC(=O)N(C)Cc2ccccn2)C(C)C)cc1OCC. The summed E-state index contributed by atoms with van der Waals surface area (Å²) in [4.78, 5) is 18.7. The van der Waals surface area contributed by atoms with Gasteiger partial charge >= 0.3 is 6.03 Å². The van der Waals surface area contributed by atoms with Crippen LogP contribution in [0, 0.1) is 5.92 Å². The molecule has 6 nitrogen and oxygen atoms in total. The molecule has 1 atom stereocenters. The van der Waals surface area contributed by atoms with Crippen molar-refractivity contribution in [3.05, 3.63) is 53.9 Å². The molecular formula is C22H31N3O3. The van der Waals surface area contributed by atoms with E-state index in [1.165, 1.54) is 0 Å². The lowest BCUT2D eigenvalue weighted by Gasteiger charge is -2.27. The summed E-state index contributed by atoms with van der Waals surface area (Å²) in [5.74, 6) is 1.62. The molecular weight excluding hydrogens is 354 g/mol. The number of hydrogen-bond donors (Lipinski definition) is 1. The molecule has 0 saturated carbocycles. The molecule has 0 fully saturated rings. The molecule has 28 heavy (non-hydrogen) atoms. The summed E-state index contributed by atoms with van der Waals surface area (Å²) in [7, 11) is 1.77. The number of carbonyl (C=O) groups is 1. The van der Waals surface area contributed by atoms with Crippen LogP contribution in [-0.2, 0) is 6.54 Å². The minimum atomic E-state index is -0.145. The first-order chi connectivity index (χ1) is 13.5. The summed E-state index contributed by atoms with van der Waals surface area (Å²) in [5, 5.41) is 3.14. The maximum atomic E-state index is 12.7. The van der Waals surface area contributed by atoms with Gasteiger partial charge in [-0.1, -0.05) is 26.0 Å². The molecule has 1 unspecified atom stereocenters. The quantitative estimate of drug-likeness (QED) is 0.694. The van der Waals surface area contributed by atoms with Crippen LogP contribution in [0.4, 0.5) is 4.79 Å². The number of ether oxygens (including phenoxy) is 2. The molecule has 0 spiro atoms. The highest BCUT2D eigenvalue weighted by Gasteiger charge is 2.22. The highest BCUT2D eigenvalue weighted by Crippen LogP contribution is 2.33. The number of nitrogens with one attached hydrogen (secondary N) is 1. The summed E-state index contributed by atoms with van der Waals surface area (Å²) in [6.07, 6.45) is 1.73. The Hall–Kier alpha value is -2.76. The van der Waals surface area contributed by atoms with Crippen LogP contribution in [-0.4, -0.2) is 36.2 Å². The molecule has 1 aromatic heterocycles. The van der Waals surface area contributed by atoms with Gasteiger partial charge in [0.15, 0.2) is 11.5 Å². The van der Waals surface area contributed by atoms with Crippen molar-refractivity contribution in [2.45, 2.75) is 40.3 Å². The van der Waals surface area contributed by atoms with E-state index in [0.717, 1.165) is 11.3 Å². The fraction of sp³-hybridized carbons (Fsp3) is 0.455. The number of pyridine rings is 1. The van der Waals surface area contributed by atoms with Gasteiger partial charge in [0.05, 0.1) is 31.5 Å². The zero-order valence-electron chi connectivity index (χ0n) is 17.4. The smallest absolute Gasteiger partial charge is 0.317 e. The lowest BCUT2D eigenvalue weighted by Crippen LogP contribution is -2.40. The Balaban J connectivity index is 2.16. The molecule has 2 amide bonds. The average molecular weight is 386 g/mol. The summed E-state index contributed by atoms with van der Waals surface area (Å²) in [6.45, 7) is 9.62. The van der Waals surface area contributed by atoms with E-state index in [1.54, 1.807) is 18.1 Å². The van der Waals surface area contributed by atoms with Gasteiger partial charge in [0.1, 0.15) is 0 Å². The van der Waals surface area contributed by atoms with Crippen molar-refractivity contribution in [2.24, 2.45) is 5.92 Å². The van der Waals surface area contributed by atoms with Crippen molar-refractivity contribution in [1.29, 1.82) is 0 Å². The third-order valence-electron chi connectivity index (χ3n) is 4.34. The second-order valence-electron chi connectivity index (χ2n) is 6.92. The third kappa shape index (κ3) is 5.87. The standard InChI is InChI=1S/C22H31N3O3/c1-6-27-19-12-11-17(14-20(19)28-7-2)21(16(3)4)24-22(26)25(5)15-18-10-8-9-13-23-18/h8-14,16,21H,6-7,15H2,1-5H3,(H,24,26). The van der Waals surface area contributed by atoms with E-state index in [9.17, 15) is 4.79 Å². The van der Waals surface area contributed by atoms with Crippen molar-refractivity contribution in [2.75, 3.05) is 20.3 Å². The molecule has 1 N–H and O–H groups in total. The number of nitrogens with zero attached hydrogens (tertiary/aromatic N) is 2. The Morgan fingerprint density at radius 1 is 1.11 bits per heavy atom. The molecule has 2 aromatic rings. The summed E-state index contributed by atoms with van der Waals surface area (Å²) < 4.78 is 11.4. The van der Waals surface area contributed by atoms with Gasteiger partial charge in [0, 0.05) is 13.2 Å². The number of carbonyl (C=O) groups excluding carboxylic acids is 1. The minimum absolute atomic E-state index is 0.142. The first-order valence-corrected chi connectivity index (χ1v) is 9.77. The fourth-order valence-corrected chi connectivity index (χ4v) is 2.95. The molecule has 1 aromatic carbocycles. The van der Waals surface area contributed by atoms with E-state index < -0.39 is 0 Å². The Bertz CT molecular complexity index is 750. The van der Waals surface area contributed by atoms with E-state index in [0.29, 0.717) is 31.3 Å². The van der Waals surface area contributed by atoms with Crippen LogP contribution in [0.1, 0.15) is 45.0 Å². The van der Waals surface area contributed by atoms with Crippen LogP contribution >= 0.6 is 0 Å². The second kappa shape index (κ2) is 10.5. The van der Waals surface area contributed by atoms with Crippen LogP contribution < -0.4 is 14.8 Å². The van der Waals surface area contributed by atoms with Gasteiger partial charge in [-0.3, -0.25) is 4.98 Å². The second-order valence-corrected chi connectivity index (χ2v) is 6.92. The van der Waals surface area contributed by atoms with E-state index in [-0.39, 0.29) is 18.0 Å². The molecule has 2 rings (SSSR count). The van der Waals surface area contributed by atoms with Gasteiger partial charge in [-0.25, -0.2) is 4.79 Å². The van der Waals surface area contributed by atoms with Crippen molar-refractivity contribution < 1.29 is 14.3 Å². The maximum Gasteiger partial charge on any atom is 0.317 e. The van der Waals surface area contributed by atoms with Gasteiger partial charge in [-0.05, 0) is 49.6 Å². The molecule has 0 aliphatic rings. The largest absolute Gasteiger partial charge is 0.490 e. The van der Waals surface area contributed by atoms with Crippen LogP contribution in [0.3, 0.4) is 0 Å². The van der Waals surface area contributed by atoms with Crippen LogP contribution in [0.25, 0.3) is 0 Å². The number of hydrogen-bond acceptors (Lipinski definition) is 4. The first kappa shape index (κ1) is 21.5. The molecule has 152 valence electrons. The van der Waals surface area contributed by atoms with Crippen LogP contribution in [0.2, 0.25) is 0 Å². The number of urea groups is 1. The molecule has 6 heteroatoms. The maximum absolute atomic E-state index is 12.7. The zero-order valence-corrected chi connectivity index (χ0v) is 17.4. The van der Waals surface area contributed by atoms with Crippen molar-refractivity contribution in [3.8, 4) is 11.5 Å². The van der Waals surface area contributed by atoms with Gasteiger partial charge < -0.3 is 19.7 Å². The van der Waals surface area contributed by atoms with E-state index in [2.05, 4.69) is 24.1 Å². The fourth-order valence-electron chi connectivity index (χ4n) is 2.95. The summed E-state index contributed by atoms with van der Waals surface area (Å²) >= 11 is 0. The summed E-state index contributed by atoms with van der Waals surface area (Å²) in [5.41, 5.74) is 1.84. The van der Waals surface area contributed by atoms with E-state index >= 15 is 0 Å². The summed E-state index contributed by atoms with van der Waals surface area (Å²) in [6, 6.07) is 11.2. The lowest BCUT2D eigenvalue weighted by molar-refractivity contribution is 0.198. The Labute approximate surface area is 167 Å². The van der Waals surface area contributed by atoms with Crippen LogP contribution in [0.5, 0.6) is 11.5 Å².